The van der Waals surface area contributed by atoms with Gasteiger partial charge in [-0.05, 0) is 56.3 Å². The Morgan fingerprint density at radius 1 is 1.00 bits per heavy atom. The van der Waals surface area contributed by atoms with Gasteiger partial charge in [0, 0.05) is 9.79 Å². The molecule has 0 N–H and O–H groups in total. The Kier molecular flexibility index (Phi) is 5.74. The smallest absolute Gasteiger partial charge is 0.416 e. The average molecular weight is 414 g/mol. The van der Waals surface area contributed by atoms with Crippen LogP contribution in [-0.4, -0.2) is 30.4 Å². The molecule has 2 heterocycles. The molecule has 144 valence electrons. The van der Waals surface area contributed by atoms with E-state index in [9.17, 15) is 18.0 Å². The first-order valence-corrected chi connectivity index (χ1v) is 9.28. The molecule has 2 aromatic rings. The van der Waals surface area contributed by atoms with E-state index < -0.39 is 11.7 Å². The number of hydrogen-bond acceptors (Lipinski definition) is 3. The fourth-order valence-electron chi connectivity index (χ4n) is 3.40. The third-order valence-electron chi connectivity index (χ3n) is 4.66. The maximum Gasteiger partial charge on any atom is 0.416 e. The van der Waals surface area contributed by atoms with Crippen LogP contribution in [0.5, 0.6) is 0 Å². The topological polar surface area (TPSA) is 23.6 Å². The maximum absolute atomic E-state index is 13.2. The highest BCUT2D eigenvalue weighted by Crippen LogP contribution is 2.49. The number of carbonyl (C=O) groups is 1. The van der Waals surface area contributed by atoms with Gasteiger partial charge in [0.15, 0.2) is 0 Å². The number of hydrogen-bond donors (Lipinski definition) is 0. The number of benzene rings is 2. The molecule has 0 radical (unpaired) electrons. The van der Waals surface area contributed by atoms with Gasteiger partial charge < -0.3 is 12.4 Å². The Hall–Kier alpha value is -1.70. The van der Waals surface area contributed by atoms with Crippen molar-refractivity contribution in [2.45, 2.75) is 28.8 Å². The summed E-state index contributed by atoms with van der Waals surface area (Å²) in [5.74, 6) is -0.194. The normalized spacial score (nSPS) is 16.5. The third kappa shape index (κ3) is 3.95. The summed E-state index contributed by atoms with van der Waals surface area (Å²) < 4.78 is 39.6. The fraction of sp³-hybridized carbons (Fsp3) is 0.316. The number of para-hydroxylation sites is 1. The second-order valence-electron chi connectivity index (χ2n) is 6.46. The van der Waals surface area contributed by atoms with Crippen molar-refractivity contribution in [3.8, 4) is 0 Å². The first-order chi connectivity index (χ1) is 12.4. The van der Waals surface area contributed by atoms with E-state index in [1.807, 2.05) is 12.1 Å². The minimum absolute atomic E-state index is 0. The molecule has 2 aliphatic rings. The number of likely N-dealkylation sites (tertiary alicyclic amines) is 1. The van der Waals surface area contributed by atoms with Crippen molar-refractivity contribution in [3.05, 3.63) is 48.0 Å². The van der Waals surface area contributed by atoms with E-state index in [4.69, 9.17) is 0 Å². The highest BCUT2D eigenvalue weighted by Gasteiger charge is 2.35. The zero-order valence-electron chi connectivity index (χ0n) is 14.3. The summed E-state index contributed by atoms with van der Waals surface area (Å²) in [6.45, 7) is 1.92. The van der Waals surface area contributed by atoms with E-state index in [1.54, 1.807) is 12.1 Å². The molecule has 1 amide bonds. The highest BCUT2D eigenvalue weighted by molar-refractivity contribution is 7.99. The van der Waals surface area contributed by atoms with Gasteiger partial charge in [-0.15, -0.1) is 0 Å². The molecule has 4 rings (SSSR count). The molecule has 0 spiro atoms. The molecule has 1 saturated heterocycles. The summed E-state index contributed by atoms with van der Waals surface area (Å²) in [4.78, 5) is 18.1. The van der Waals surface area contributed by atoms with Crippen molar-refractivity contribution in [2.24, 2.45) is 0 Å². The second kappa shape index (κ2) is 7.73. The fourth-order valence-corrected chi connectivity index (χ4v) is 4.44. The first-order valence-electron chi connectivity index (χ1n) is 8.47. The van der Waals surface area contributed by atoms with E-state index >= 15 is 0 Å². The van der Waals surface area contributed by atoms with Crippen LogP contribution < -0.4 is 17.3 Å². The zero-order chi connectivity index (χ0) is 18.3. The Morgan fingerprint density at radius 2 is 1.67 bits per heavy atom. The highest BCUT2D eigenvalue weighted by atomic mass is 35.5. The van der Waals surface area contributed by atoms with Crippen LogP contribution in [0.1, 0.15) is 18.4 Å². The van der Waals surface area contributed by atoms with Crippen molar-refractivity contribution < 1.29 is 30.4 Å². The maximum atomic E-state index is 13.2. The SMILES string of the molecule is O=C(CN1CCCC1)N1c2ccccc2Sc2ccc(C(F)(F)F)cc21.[Cl-]. The van der Waals surface area contributed by atoms with Crippen molar-refractivity contribution in [1.82, 2.24) is 4.90 Å². The molecule has 0 bridgehead atoms. The van der Waals surface area contributed by atoms with Gasteiger partial charge in [-0.3, -0.25) is 14.6 Å². The van der Waals surface area contributed by atoms with Gasteiger partial charge in [-0.25, -0.2) is 0 Å². The number of nitrogens with zero attached hydrogens (tertiary/aromatic N) is 2. The van der Waals surface area contributed by atoms with Crippen molar-refractivity contribution in [1.29, 1.82) is 0 Å². The molecule has 1 fully saturated rings. The molecule has 8 heteroatoms. The number of amides is 1. The molecular weight excluding hydrogens is 397 g/mol. The van der Waals surface area contributed by atoms with Crippen molar-refractivity contribution in [2.75, 3.05) is 24.5 Å². The lowest BCUT2D eigenvalue weighted by Gasteiger charge is -2.32. The lowest BCUT2D eigenvalue weighted by atomic mass is 10.1. The van der Waals surface area contributed by atoms with E-state index in [0.717, 1.165) is 43.0 Å². The number of carbonyl (C=O) groups excluding carboxylic acids is 1. The van der Waals surface area contributed by atoms with Crippen molar-refractivity contribution >= 4 is 29.0 Å². The number of rotatable bonds is 2. The van der Waals surface area contributed by atoms with E-state index in [0.29, 0.717) is 16.3 Å². The molecule has 2 aliphatic heterocycles. The second-order valence-corrected chi connectivity index (χ2v) is 7.55. The summed E-state index contributed by atoms with van der Waals surface area (Å²) in [7, 11) is 0. The molecule has 3 nitrogen and oxygen atoms in total. The quantitative estimate of drug-likeness (QED) is 0.751. The zero-order valence-corrected chi connectivity index (χ0v) is 15.9. The van der Waals surface area contributed by atoms with Crippen LogP contribution in [0.4, 0.5) is 24.5 Å². The van der Waals surface area contributed by atoms with Crippen LogP contribution in [0.2, 0.25) is 0 Å². The van der Waals surface area contributed by atoms with Gasteiger partial charge >= 0.3 is 6.18 Å². The third-order valence-corrected chi connectivity index (χ3v) is 5.79. The standard InChI is InChI=1S/C19H17F3N2OS.ClH/c20-19(21,22)13-7-8-17-15(11-13)24(14-5-1-2-6-16(14)26-17)18(25)12-23-9-3-4-10-23;/h1-2,5-8,11H,3-4,9-10,12H2;1H/p-1. The Balaban J connectivity index is 0.00000210. The number of anilines is 2. The minimum atomic E-state index is -4.44. The Labute approximate surface area is 165 Å². The molecule has 0 aromatic heterocycles. The van der Waals surface area contributed by atoms with Crippen LogP contribution in [0.15, 0.2) is 52.3 Å². The first kappa shape index (κ1) is 20.0. The van der Waals surface area contributed by atoms with Gasteiger partial charge in [0.05, 0.1) is 23.5 Å². The van der Waals surface area contributed by atoms with Gasteiger partial charge in [-0.1, -0.05) is 23.9 Å². The van der Waals surface area contributed by atoms with Gasteiger partial charge in [-0.2, -0.15) is 13.2 Å². The molecule has 2 aromatic carbocycles. The van der Waals surface area contributed by atoms with Crippen LogP contribution >= 0.6 is 11.8 Å². The predicted octanol–water partition coefficient (Wildman–Crippen LogP) is 1.93. The molecule has 0 atom stereocenters. The molecule has 0 saturated carbocycles. The summed E-state index contributed by atoms with van der Waals surface area (Å²) in [5, 5.41) is 0. The summed E-state index contributed by atoms with van der Waals surface area (Å²) >= 11 is 1.39. The lowest BCUT2D eigenvalue weighted by Crippen LogP contribution is -3.00. The van der Waals surface area contributed by atoms with Gasteiger partial charge in [0.25, 0.3) is 0 Å². The number of fused-ring (bicyclic) bond motifs is 2. The van der Waals surface area contributed by atoms with Crippen LogP contribution in [-0.2, 0) is 11.0 Å². The molecule has 0 aliphatic carbocycles. The van der Waals surface area contributed by atoms with E-state index in [2.05, 4.69) is 4.90 Å². The van der Waals surface area contributed by atoms with Gasteiger partial charge in [0.1, 0.15) is 0 Å². The molecule has 27 heavy (non-hydrogen) atoms. The van der Waals surface area contributed by atoms with Crippen LogP contribution in [0.25, 0.3) is 0 Å². The lowest BCUT2D eigenvalue weighted by molar-refractivity contribution is -0.137. The van der Waals surface area contributed by atoms with E-state index in [-0.39, 0.29) is 24.9 Å². The summed E-state index contributed by atoms with van der Waals surface area (Å²) in [6.07, 6.45) is -2.34. The number of alkyl halides is 3. The Morgan fingerprint density at radius 3 is 2.37 bits per heavy atom. The van der Waals surface area contributed by atoms with Gasteiger partial charge in [0.2, 0.25) is 5.91 Å². The van der Waals surface area contributed by atoms with Crippen molar-refractivity contribution in [3.63, 3.8) is 0 Å². The minimum Gasteiger partial charge on any atom is -1.00 e. The monoisotopic (exact) mass is 413 g/mol. The van der Waals surface area contributed by atoms with Crippen LogP contribution in [0.3, 0.4) is 0 Å². The summed E-state index contributed by atoms with van der Waals surface area (Å²) in [6, 6.07) is 10.9. The Bertz CT molecular complexity index is 853. The summed E-state index contributed by atoms with van der Waals surface area (Å²) in [5.41, 5.74) is 0.219. The van der Waals surface area contributed by atoms with E-state index in [1.165, 1.54) is 22.7 Å². The predicted molar refractivity (Wildman–Crippen MR) is 94.8 cm³/mol. The molecular formula is C19H17ClF3N2OS-. The average Bonchev–Trinajstić information content (AvgIpc) is 3.11. The molecule has 0 unspecified atom stereocenters. The number of halogens is 4. The van der Waals surface area contributed by atoms with Crippen LogP contribution in [0, 0.1) is 0 Å². The largest absolute Gasteiger partial charge is 1.00 e.